The SMILES string of the molecule is CC(C(=O)O)N(C)C(=O)CCCNC(=O)c1ccsc1. The average molecular weight is 298 g/mol. The molecule has 1 aromatic heterocycles. The molecule has 1 unspecified atom stereocenters. The van der Waals surface area contributed by atoms with E-state index in [2.05, 4.69) is 5.32 Å². The fourth-order valence-corrected chi connectivity index (χ4v) is 2.13. The van der Waals surface area contributed by atoms with Crippen LogP contribution in [-0.2, 0) is 9.59 Å². The van der Waals surface area contributed by atoms with E-state index in [1.807, 2.05) is 5.38 Å². The van der Waals surface area contributed by atoms with Crippen LogP contribution in [0.2, 0.25) is 0 Å². The second-order valence-electron chi connectivity index (χ2n) is 4.39. The van der Waals surface area contributed by atoms with Crippen molar-refractivity contribution in [2.24, 2.45) is 0 Å². The van der Waals surface area contributed by atoms with E-state index in [4.69, 9.17) is 5.11 Å². The highest BCUT2D eigenvalue weighted by molar-refractivity contribution is 7.08. The molecule has 110 valence electrons. The second-order valence-corrected chi connectivity index (χ2v) is 5.17. The minimum Gasteiger partial charge on any atom is -0.480 e. The lowest BCUT2D eigenvalue weighted by Crippen LogP contribution is -2.40. The summed E-state index contributed by atoms with van der Waals surface area (Å²) in [5, 5.41) is 15.1. The van der Waals surface area contributed by atoms with Gasteiger partial charge in [-0.15, -0.1) is 0 Å². The van der Waals surface area contributed by atoms with E-state index in [1.165, 1.54) is 30.2 Å². The lowest BCUT2D eigenvalue weighted by atomic mass is 10.2. The van der Waals surface area contributed by atoms with Gasteiger partial charge in [-0.1, -0.05) is 0 Å². The molecule has 0 saturated carbocycles. The van der Waals surface area contributed by atoms with Gasteiger partial charge in [-0.2, -0.15) is 11.3 Å². The van der Waals surface area contributed by atoms with E-state index in [9.17, 15) is 14.4 Å². The summed E-state index contributed by atoms with van der Waals surface area (Å²) in [4.78, 5) is 35.3. The van der Waals surface area contributed by atoms with E-state index >= 15 is 0 Å². The van der Waals surface area contributed by atoms with Gasteiger partial charge in [0.05, 0.1) is 0 Å². The molecule has 0 aromatic carbocycles. The van der Waals surface area contributed by atoms with Crippen LogP contribution >= 0.6 is 11.3 Å². The van der Waals surface area contributed by atoms with E-state index < -0.39 is 12.0 Å². The zero-order chi connectivity index (χ0) is 15.1. The Balaban J connectivity index is 2.25. The highest BCUT2D eigenvalue weighted by Crippen LogP contribution is 2.05. The number of nitrogens with one attached hydrogen (secondary N) is 1. The molecule has 2 N–H and O–H groups in total. The fourth-order valence-electron chi connectivity index (χ4n) is 1.50. The molecule has 0 aliphatic heterocycles. The van der Waals surface area contributed by atoms with Gasteiger partial charge in [0, 0.05) is 31.0 Å². The molecular formula is C13H18N2O4S. The van der Waals surface area contributed by atoms with Gasteiger partial charge in [0.25, 0.3) is 5.91 Å². The fraction of sp³-hybridized carbons (Fsp3) is 0.462. The van der Waals surface area contributed by atoms with Crippen molar-refractivity contribution in [3.63, 3.8) is 0 Å². The Morgan fingerprint density at radius 3 is 2.70 bits per heavy atom. The highest BCUT2D eigenvalue weighted by atomic mass is 32.1. The molecule has 2 amide bonds. The number of carbonyl (C=O) groups excluding carboxylic acids is 2. The van der Waals surface area contributed by atoms with Crippen molar-refractivity contribution in [1.82, 2.24) is 10.2 Å². The van der Waals surface area contributed by atoms with Crippen LogP contribution in [0.3, 0.4) is 0 Å². The predicted molar refractivity (Wildman–Crippen MR) is 75.8 cm³/mol. The van der Waals surface area contributed by atoms with Gasteiger partial charge in [0.2, 0.25) is 5.91 Å². The van der Waals surface area contributed by atoms with Gasteiger partial charge in [-0.05, 0) is 24.8 Å². The standard InChI is InChI=1S/C13H18N2O4S/c1-9(13(18)19)15(2)11(16)4-3-6-14-12(17)10-5-7-20-8-10/h5,7-9H,3-4,6H2,1-2H3,(H,14,17)(H,18,19). The van der Waals surface area contributed by atoms with E-state index in [0.717, 1.165) is 0 Å². The van der Waals surface area contributed by atoms with Gasteiger partial charge in [0.1, 0.15) is 6.04 Å². The smallest absolute Gasteiger partial charge is 0.326 e. The van der Waals surface area contributed by atoms with Gasteiger partial charge in [-0.25, -0.2) is 4.79 Å². The Bertz CT molecular complexity index is 473. The van der Waals surface area contributed by atoms with Crippen molar-refractivity contribution in [3.05, 3.63) is 22.4 Å². The van der Waals surface area contributed by atoms with Crippen LogP contribution in [0.15, 0.2) is 16.8 Å². The number of carboxylic acid groups (broad SMARTS) is 1. The maximum absolute atomic E-state index is 11.7. The molecule has 6 nitrogen and oxygen atoms in total. The lowest BCUT2D eigenvalue weighted by molar-refractivity contribution is -0.148. The highest BCUT2D eigenvalue weighted by Gasteiger charge is 2.20. The molecule has 20 heavy (non-hydrogen) atoms. The van der Waals surface area contributed by atoms with E-state index in [0.29, 0.717) is 18.5 Å². The molecular weight excluding hydrogens is 280 g/mol. The summed E-state index contributed by atoms with van der Waals surface area (Å²) in [5.74, 6) is -1.44. The van der Waals surface area contributed by atoms with E-state index in [1.54, 1.807) is 11.4 Å². The molecule has 0 fully saturated rings. The maximum Gasteiger partial charge on any atom is 0.326 e. The summed E-state index contributed by atoms with van der Waals surface area (Å²) in [6.07, 6.45) is 0.684. The normalized spacial score (nSPS) is 11.7. The molecule has 0 saturated heterocycles. The van der Waals surface area contributed by atoms with Crippen LogP contribution < -0.4 is 5.32 Å². The Morgan fingerprint density at radius 2 is 2.15 bits per heavy atom. The van der Waals surface area contributed by atoms with E-state index in [-0.39, 0.29) is 18.2 Å². The van der Waals surface area contributed by atoms with Crippen molar-refractivity contribution in [2.45, 2.75) is 25.8 Å². The minimum absolute atomic E-state index is 0.161. The van der Waals surface area contributed by atoms with Crippen LogP contribution in [0.4, 0.5) is 0 Å². The number of thiophene rings is 1. The van der Waals surface area contributed by atoms with Crippen molar-refractivity contribution in [1.29, 1.82) is 0 Å². The number of likely N-dealkylation sites (N-methyl/N-ethyl adjacent to an activating group) is 1. The van der Waals surface area contributed by atoms with Crippen LogP contribution in [0.5, 0.6) is 0 Å². The van der Waals surface area contributed by atoms with Gasteiger partial charge in [0.15, 0.2) is 0 Å². The first-order valence-electron chi connectivity index (χ1n) is 6.22. The Hall–Kier alpha value is -1.89. The zero-order valence-corrected chi connectivity index (χ0v) is 12.3. The number of hydrogen-bond donors (Lipinski definition) is 2. The third kappa shape index (κ3) is 4.65. The van der Waals surface area contributed by atoms with Crippen molar-refractivity contribution < 1.29 is 19.5 Å². The van der Waals surface area contributed by atoms with Crippen LogP contribution in [0.25, 0.3) is 0 Å². The number of amides is 2. The molecule has 0 aliphatic carbocycles. The molecule has 1 atom stereocenters. The monoisotopic (exact) mass is 298 g/mol. The summed E-state index contributed by atoms with van der Waals surface area (Å²) < 4.78 is 0. The first-order valence-corrected chi connectivity index (χ1v) is 7.16. The van der Waals surface area contributed by atoms with Gasteiger partial charge >= 0.3 is 5.97 Å². The number of hydrogen-bond acceptors (Lipinski definition) is 4. The summed E-state index contributed by atoms with van der Waals surface area (Å²) in [6.45, 7) is 1.84. The summed E-state index contributed by atoms with van der Waals surface area (Å²) in [7, 11) is 1.46. The third-order valence-corrected chi connectivity index (χ3v) is 3.65. The zero-order valence-electron chi connectivity index (χ0n) is 11.5. The molecule has 0 radical (unpaired) electrons. The molecule has 0 spiro atoms. The molecule has 0 aliphatic rings. The van der Waals surface area contributed by atoms with Gasteiger partial charge in [-0.3, -0.25) is 9.59 Å². The number of carboxylic acids is 1. The molecule has 1 heterocycles. The number of rotatable bonds is 7. The third-order valence-electron chi connectivity index (χ3n) is 2.97. The molecule has 1 aromatic rings. The van der Waals surface area contributed by atoms with Crippen molar-refractivity contribution in [2.75, 3.05) is 13.6 Å². The molecule has 7 heteroatoms. The quantitative estimate of drug-likeness (QED) is 0.740. The van der Waals surface area contributed by atoms with Crippen LogP contribution in [-0.4, -0.2) is 47.4 Å². The van der Waals surface area contributed by atoms with Crippen molar-refractivity contribution >= 4 is 29.1 Å². The number of carbonyl (C=O) groups is 3. The Kier molecular flexibility index (Phi) is 6.17. The summed E-state index contributed by atoms with van der Waals surface area (Å²) >= 11 is 1.44. The summed E-state index contributed by atoms with van der Waals surface area (Å²) in [6, 6.07) is 0.885. The number of nitrogens with zero attached hydrogens (tertiary/aromatic N) is 1. The second kappa shape index (κ2) is 7.64. The average Bonchev–Trinajstić information content (AvgIpc) is 2.95. The number of aliphatic carboxylic acids is 1. The van der Waals surface area contributed by atoms with Gasteiger partial charge < -0.3 is 15.3 Å². The first kappa shape index (κ1) is 16.2. The van der Waals surface area contributed by atoms with Crippen LogP contribution in [0.1, 0.15) is 30.1 Å². The Morgan fingerprint density at radius 1 is 1.45 bits per heavy atom. The minimum atomic E-state index is -1.04. The lowest BCUT2D eigenvalue weighted by Gasteiger charge is -2.21. The first-order chi connectivity index (χ1) is 9.43. The van der Waals surface area contributed by atoms with Crippen molar-refractivity contribution in [3.8, 4) is 0 Å². The molecule has 1 rings (SSSR count). The largest absolute Gasteiger partial charge is 0.480 e. The molecule has 0 bridgehead atoms. The van der Waals surface area contributed by atoms with Crippen LogP contribution in [0, 0.1) is 0 Å². The maximum atomic E-state index is 11.7. The Labute approximate surface area is 121 Å². The predicted octanol–water partition coefficient (Wildman–Crippen LogP) is 1.19. The summed E-state index contributed by atoms with van der Waals surface area (Å²) in [5.41, 5.74) is 0.609. The topological polar surface area (TPSA) is 86.7 Å².